The number of hydrogen-bond donors (Lipinski definition) is 0. The third kappa shape index (κ3) is 3.62. The second-order valence-corrected chi connectivity index (χ2v) is 5.02. The lowest BCUT2D eigenvalue weighted by Gasteiger charge is -2.07. The van der Waals surface area contributed by atoms with Crippen LogP contribution in [0.1, 0.15) is 11.1 Å². The summed E-state index contributed by atoms with van der Waals surface area (Å²) in [4.78, 5) is 3.68. The zero-order valence-corrected chi connectivity index (χ0v) is 12.2. The summed E-state index contributed by atoms with van der Waals surface area (Å²) in [5.74, 6) is 0. The largest absolute Gasteiger partial charge is 0.417 e. The van der Waals surface area contributed by atoms with Crippen molar-refractivity contribution in [3.8, 4) is 17.1 Å². The summed E-state index contributed by atoms with van der Waals surface area (Å²) in [6.45, 7) is 0. The normalized spacial score (nSPS) is 12.4. The topological polar surface area (TPSA) is 43.6 Å². The van der Waals surface area contributed by atoms with Gasteiger partial charge in [0.15, 0.2) is 0 Å². The van der Waals surface area contributed by atoms with E-state index in [9.17, 15) is 26.3 Å². The van der Waals surface area contributed by atoms with Crippen molar-refractivity contribution in [1.82, 2.24) is 20.0 Å². The molecule has 0 bridgehead atoms. The van der Waals surface area contributed by atoms with E-state index in [1.807, 2.05) is 0 Å². The maximum Gasteiger partial charge on any atom is 0.417 e. The van der Waals surface area contributed by atoms with Gasteiger partial charge in [-0.3, -0.25) is 4.98 Å². The average Bonchev–Trinajstić information content (AvgIpc) is 3.03. The number of hydrogen-bond acceptors (Lipinski definition) is 3. The van der Waals surface area contributed by atoms with Gasteiger partial charge >= 0.3 is 12.4 Å². The molecule has 3 rings (SSSR count). The van der Waals surface area contributed by atoms with Crippen molar-refractivity contribution >= 4 is 0 Å². The van der Waals surface area contributed by atoms with Gasteiger partial charge in [0.2, 0.25) is 0 Å². The minimum absolute atomic E-state index is 0.158. The van der Waals surface area contributed by atoms with E-state index < -0.39 is 23.5 Å². The van der Waals surface area contributed by atoms with E-state index >= 15 is 0 Å². The molecule has 0 saturated heterocycles. The molecule has 0 unspecified atom stereocenters. The lowest BCUT2D eigenvalue weighted by molar-refractivity contribution is -0.138. The highest BCUT2D eigenvalue weighted by molar-refractivity contribution is 5.53. The van der Waals surface area contributed by atoms with Gasteiger partial charge in [0.1, 0.15) is 5.69 Å². The minimum atomic E-state index is -4.50. The molecule has 0 aliphatic rings. The highest BCUT2D eigenvalue weighted by atomic mass is 19.4. The van der Waals surface area contributed by atoms with Crippen LogP contribution in [0.15, 0.2) is 48.8 Å². The van der Waals surface area contributed by atoms with Crippen molar-refractivity contribution in [2.24, 2.45) is 0 Å². The Morgan fingerprint density at radius 1 is 0.720 bits per heavy atom. The maximum absolute atomic E-state index is 12.5. The van der Waals surface area contributed by atoms with Crippen LogP contribution in [0.5, 0.6) is 0 Å². The van der Waals surface area contributed by atoms with E-state index in [2.05, 4.69) is 15.3 Å². The molecule has 0 aliphatic heterocycles. The monoisotopic (exact) mass is 358 g/mol. The SMILES string of the molecule is FC(F)(F)c1ccc(-n2cc(-c3ccc(C(F)(F)F)cn3)nn2)cc1. The van der Waals surface area contributed by atoms with Crippen molar-refractivity contribution in [3.05, 3.63) is 59.9 Å². The molecule has 130 valence electrons. The van der Waals surface area contributed by atoms with Gasteiger partial charge in [-0.2, -0.15) is 26.3 Å². The van der Waals surface area contributed by atoms with Crippen LogP contribution >= 0.6 is 0 Å². The lowest BCUT2D eigenvalue weighted by atomic mass is 10.2. The zero-order valence-electron chi connectivity index (χ0n) is 12.2. The predicted molar refractivity (Wildman–Crippen MR) is 74.6 cm³/mol. The quantitative estimate of drug-likeness (QED) is 0.639. The minimum Gasteiger partial charge on any atom is -0.254 e. The Hall–Kier alpha value is -2.91. The van der Waals surface area contributed by atoms with Crippen LogP contribution < -0.4 is 0 Å². The van der Waals surface area contributed by atoms with Crippen molar-refractivity contribution in [2.75, 3.05) is 0 Å². The Morgan fingerprint density at radius 2 is 1.32 bits per heavy atom. The van der Waals surface area contributed by atoms with Crippen molar-refractivity contribution in [2.45, 2.75) is 12.4 Å². The molecule has 0 saturated carbocycles. The summed E-state index contributed by atoms with van der Waals surface area (Å²) < 4.78 is 76.4. The number of pyridine rings is 1. The number of rotatable bonds is 2. The van der Waals surface area contributed by atoms with Gasteiger partial charge in [0.25, 0.3) is 0 Å². The molecule has 0 spiro atoms. The van der Waals surface area contributed by atoms with E-state index in [1.54, 1.807) is 0 Å². The maximum atomic E-state index is 12.5. The third-order valence-corrected chi connectivity index (χ3v) is 3.31. The number of halogens is 6. The van der Waals surface area contributed by atoms with Crippen LogP contribution in [-0.2, 0) is 12.4 Å². The smallest absolute Gasteiger partial charge is 0.254 e. The molecule has 2 heterocycles. The second kappa shape index (κ2) is 5.87. The Balaban J connectivity index is 1.85. The first kappa shape index (κ1) is 16.9. The van der Waals surface area contributed by atoms with Crippen molar-refractivity contribution < 1.29 is 26.3 Å². The molecule has 0 amide bonds. The van der Waals surface area contributed by atoms with Gasteiger partial charge < -0.3 is 0 Å². The van der Waals surface area contributed by atoms with Crippen LogP contribution in [0, 0.1) is 0 Å². The zero-order chi connectivity index (χ0) is 18.2. The molecular weight excluding hydrogens is 350 g/mol. The first-order valence-corrected chi connectivity index (χ1v) is 6.78. The standard InChI is InChI=1S/C15H8F6N4/c16-14(17,18)9-1-4-11(5-2-9)25-8-13(23-24-25)12-6-3-10(7-22-12)15(19,20)21/h1-8H. The summed E-state index contributed by atoms with van der Waals surface area (Å²) in [7, 11) is 0. The fourth-order valence-electron chi connectivity index (χ4n) is 2.02. The predicted octanol–water partition coefficient (Wildman–Crippen LogP) is 4.37. The summed E-state index contributed by atoms with van der Waals surface area (Å²) >= 11 is 0. The number of alkyl halides is 6. The molecule has 25 heavy (non-hydrogen) atoms. The molecule has 0 N–H and O–H groups in total. The summed E-state index contributed by atoms with van der Waals surface area (Å²) in [5.41, 5.74) is -1.04. The van der Waals surface area contributed by atoms with Crippen LogP contribution in [-0.4, -0.2) is 20.0 Å². The highest BCUT2D eigenvalue weighted by Crippen LogP contribution is 2.30. The van der Waals surface area contributed by atoms with Gasteiger partial charge in [0, 0.05) is 6.20 Å². The Kier molecular flexibility index (Phi) is 3.97. The fraction of sp³-hybridized carbons (Fsp3) is 0.133. The van der Waals surface area contributed by atoms with Crippen molar-refractivity contribution in [1.29, 1.82) is 0 Å². The average molecular weight is 358 g/mol. The summed E-state index contributed by atoms with van der Waals surface area (Å²) in [5, 5.41) is 7.52. The molecule has 1 aromatic carbocycles. The Labute approximate surface area is 136 Å². The Bertz CT molecular complexity index is 791. The first-order valence-electron chi connectivity index (χ1n) is 6.78. The number of benzene rings is 1. The Morgan fingerprint density at radius 3 is 1.84 bits per heavy atom. The molecule has 2 aromatic heterocycles. The molecule has 0 fully saturated rings. The molecule has 3 aromatic rings. The number of aromatic nitrogens is 4. The van der Waals surface area contributed by atoms with Crippen LogP contribution in [0.2, 0.25) is 0 Å². The van der Waals surface area contributed by atoms with Crippen LogP contribution in [0.4, 0.5) is 26.3 Å². The van der Waals surface area contributed by atoms with Gasteiger partial charge in [-0.15, -0.1) is 5.10 Å². The highest BCUT2D eigenvalue weighted by Gasteiger charge is 2.31. The van der Waals surface area contributed by atoms with Gasteiger partial charge in [-0.05, 0) is 36.4 Å². The summed E-state index contributed by atoms with van der Waals surface area (Å²) in [6, 6.07) is 6.21. The molecule has 10 heteroatoms. The lowest BCUT2D eigenvalue weighted by Crippen LogP contribution is -2.05. The molecule has 4 nitrogen and oxygen atoms in total. The van der Waals surface area contributed by atoms with Crippen LogP contribution in [0.25, 0.3) is 17.1 Å². The van der Waals surface area contributed by atoms with Crippen LogP contribution in [0.3, 0.4) is 0 Å². The van der Waals surface area contributed by atoms with E-state index in [-0.39, 0.29) is 11.4 Å². The van der Waals surface area contributed by atoms with Crippen molar-refractivity contribution in [3.63, 3.8) is 0 Å². The van der Waals surface area contributed by atoms with E-state index in [0.29, 0.717) is 11.9 Å². The first-order chi connectivity index (χ1) is 11.6. The molecular formula is C15H8F6N4. The second-order valence-electron chi connectivity index (χ2n) is 5.02. The third-order valence-electron chi connectivity index (χ3n) is 3.31. The molecule has 0 atom stereocenters. The number of nitrogens with zero attached hydrogens (tertiary/aromatic N) is 4. The van der Waals surface area contributed by atoms with Gasteiger partial charge in [0.05, 0.1) is 28.7 Å². The van der Waals surface area contributed by atoms with E-state index in [0.717, 1.165) is 24.3 Å². The van der Waals surface area contributed by atoms with Gasteiger partial charge in [-0.1, -0.05) is 5.21 Å². The van der Waals surface area contributed by atoms with E-state index in [1.165, 1.54) is 23.0 Å². The fourth-order valence-corrected chi connectivity index (χ4v) is 2.02. The molecule has 0 radical (unpaired) electrons. The summed E-state index contributed by atoms with van der Waals surface area (Å²) in [6.07, 6.45) is -6.91. The van der Waals surface area contributed by atoms with E-state index in [4.69, 9.17) is 0 Å². The molecule has 0 aliphatic carbocycles. The van der Waals surface area contributed by atoms with Gasteiger partial charge in [-0.25, -0.2) is 4.68 Å².